The Bertz CT molecular complexity index is 1130. The number of carbonyl (C=O) groups excluding carboxylic acids is 2. The Morgan fingerprint density at radius 1 is 1.21 bits per heavy atom. The third-order valence-electron chi connectivity index (χ3n) is 5.99. The quantitative estimate of drug-likeness (QED) is 0.435. The van der Waals surface area contributed by atoms with Gasteiger partial charge in [0.1, 0.15) is 0 Å². The van der Waals surface area contributed by atoms with E-state index in [1.807, 2.05) is 0 Å². The zero-order valence-electron chi connectivity index (χ0n) is 21.4. The van der Waals surface area contributed by atoms with Crippen LogP contribution in [0.2, 0.25) is 0 Å². The Labute approximate surface area is 225 Å². The molecule has 2 atom stereocenters. The molecule has 2 aliphatic rings. The second kappa shape index (κ2) is 12.6. The monoisotopic (exact) mass is 558 g/mol. The van der Waals surface area contributed by atoms with Gasteiger partial charge in [0.25, 0.3) is 5.91 Å². The molecule has 13 heteroatoms. The third-order valence-corrected chi connectivity index (χ3v) is 5.99. The lowest BCUT2D eigenvalue weighted by molar-refractivity contribution is -0.0515. The van der Waals surface area contributed by atoms with E-state index in [0.29, 0.717) is 31.1 Å². The van der Waals surface area contributed by atoms with Crippen molar-refractivity contribution >= 4 is 24.4 Å². The van der Waals surface area contributed by atoms with Gasteiger partial charge < -0.3 is 34.6 Å². The molecular formula is C25H33ClF2N4O6. The van der Waals surface area contributed by atoms with Crippen LogP contribution in [0.3, 0.4) is 0 Å². The molecule has 2 heterocycles. The molecule has 1 aromatic carbocycles. The first kappa shape index (κ1) is 29.4. The minimum Gasteiger partial charge on any atom is -0.489 e. The van der Waals surface area contributed by atoms with Crippen molar-refractivity contribution in [2.75, 3.05) is 19.7 Å². The number of aromatic nitrogens is 1. The average molecular weight is 559 g/mol. The number of nitrogens with one attached hydrogen (secondary N) is 1. The fourth-order valence-corrected chi connectivity index (χ4v) is 3.98. The molecule has 4 rings (SSSR count). The normalized spacial score (nSPS) is 17.8. The highest BCUT2D eigenvalue weighted by Crippen LogP contribution is 2.37. The second-order valence-electron chi connectivity index (χ2n) is 9.65. The lowest BCUT2D eigenvalue weighted by Crippen LogP contribution is -2.39. The summed E-state index contributed by atoms with van der Waals surface area (Å²) in [6.45, 7) is 3.25. The smallest absolute Gasteiger partial charge is 0.407 e. The van der Waals surface area contributed by atoms with Crippen LogP contribution in [0.4, 0.5) is 13.6 Å². The lowest BCUT2D eigenvalue weighted by atomic mass is 10.2. The van der Waals surface area contributed by atoms with Gasteiger partial charge in [-0.2, -0.15) is 8.78 Å². The number of hydrogen-bond acceptors (Lipinski definition) is 8. The molecular weight excluding hydrogens is 526 g/mol. The topological polar surface area (TPSA) is 129 Å². The van der Waals surface area contributed by atoms with Crippen LogP contribution in [-0.4, -0.2) is 60.3 Å². The van der Waals surface area contributed by atoms with Crippen LogP contribution in [0.5, 0.6) is 11.5 Å². The van der Waals surface area contributed by atoms with Gasteiger partial charge in [-0.25, -0.2) is 9.78 Å². The molecule has 10 nitrogen and oxygen atoms in total. The summed E-state index contributed by atoms with van der Waals surface area (Å²) in [6, 6.07) is 3.47. The number of ether oxygens (including phenoxy) is 3. The molecule has 0 unspecified atom stereocenters. The SMILES string of the molecule is CC(C)OC(=O)N[C@@H]1CCN(C(=O)c2nc(-c3ccc(OC(F)F)c(OCC4CC4)c3)oc2[C@H](C)N)C1.Cl. The standard InChI is InChI=1S/C25H32F2N4O6.ClH/c1-13(2)35-25(33)29-17-8-9-31(11-17)23(32)20-21(14(3)28)37-22(30-20)16-6-7-18(36-24(26)27)19(10-16)34-12-15-4-5-15;/h6-7,10,13-15,17,24H,4-5,8-9,11-12,28H2,1-3H3,(H,29,33);1H/t14-,17+;/m0./s1. The van der Waals surface area contributed by atoms with Crippen molar-refractivity contribution in [2.24, 2.45) is 11.7 Å². The van der Waals surface area contributed by atoms with Crippen LogP contribution in [0, 0.1) is 5.92 Å². The van der Waals surface area contributed by atoms with Gasteiger partial charge in [-0.05, 0) is 64.2 Å². The molecule has 210 valence electrons. The van der Waals surface area contributed by atoms with E-state index in [-0.39, 0.29) is 65.8 Å². The van der Waals surface area contributed by atoms with Crippen LogP contribution >= 0.6 is 12.4 Å². The number of alkyl carbamates (subject to hydrolysis) is 1. The van der Waals surface area contributed by atoms with Gasteiger partial charge >= 0.3 is 12.7 Å². The van der Waals surface area contributed by atoms with Gasteiger partial charge in [-0.15, -0.1) is 12.4 Å². The highest BCUT2D eigenvalue weighted by atomic mass is 35.5. The van der Waals surface area contributed by atoms with E-state index in [9.17, 15) is 18.4 Å². The second-order valence-corrected chi connectivity index (χ2v) is 9.65. The van der Waals surface area contributed by atoms with Crippen LogP contribution in [0.15, 0.2) is 22.6 Å². The molecule has 2 amide bonds. The summed E-state index contributed by atoms with van der Waals surface area (Å²) in [7, 11) is 0. The Kier molecular flexibility index (Phi) is 9.77. The van der Waals surface area contributed by atoms with E-state index in [4.69, 9.17) is 19.6 Å². The number of likely N-dealkylation sites (tertiary alicyclic amines) is 1. The first-order chi connectivity index (χ1) is 17.6. The average Bonchev–Trinajstić information content (AvgIpc) is 3.34. The van der Waals surface area contributed by atoms with E-state index in [2.05, 4.69) is 15.0 Å². The number of rotatable bonds is 10. The lowest BCUT2D eigenvalue weighted by Gasteiger charge is -2.17. The summed E-state index contributed by atoms with van der Waals surface area (Å²) in [5.74, 6) is 0.353. The molecule has 1 aromatic heterocycles. The fourth-order valence-electron chi connectivity index (χ4n) is 3.98. The molecule has 1 aliphatic carbocycles. The minimum atomic E-state index is -3.00. The van der Waals surface area contributed by atoms with Gasteiger partial charge in [0.15, 0.2) is 23.0 Å². The maximum absolute atomic E-state index is 13.3. The predicted octanol–water partition coefficient (Wildman–Crippen LogP) is 4.52. The van der Waals surface area contributed by atoms with Gasteiger partial charge in [-0.1, -0.05) is 0 Å². The predicted molar refractivity (Wildman–Crippen MR) is 136 cm³/mol. The molecule has 1 saturated heterocycles. The Morgan fingerprint density at radius 2 is 1.95 bits per heavy atom. The van der Waals surface area contributed by atoms with Crippen molar-refractivity contribution in [3.63, 3.8) is 0 Å². The van der Waals surface area contributed by atoms with Gasteiger partial charge in [0.2, 0.25) is 5.89 Å². The van der Waals surface area contributed by atoms with Crippen molar-refractivity contribution in [2.45, 2.75) is 64.8 Å². The summed E-state index contributed by atoms with van der Waals surface area (Å²) < 4.78 is 47.1. The zero-order chi connectivity index (χ0) is 26.7. The number of carbonyl (C=O) groups is 2. The molecule has 1 saturated carbocycles. The van der Waals surface area contributed by atoms with Crippen molar-refractivity contribution in [1.29, 1.82) is 0 Å². The number of nitrogens with two attached hydrogens (primary N) is 1. The number of amides is 2. The summed E-state index contributed by atoms with van der Waals surface area (Å²) in [5, 5.41) is 2.76. The Hall–Kier alpha value is -3.12. The number of hydrogen-bond donors (Lipinski definition) is 2. The molecule has 0 radical (unpaired) electrons. The molecule has 0 spiro atoms. The van der Waals surface area contributed by atoms with E-state index >= 15 is 0 Å². The highest BCUT2D eigenvalue weighted by molar-refractivity contribution is 5.94. The van der Waals surface area contributed by atoms with Gasteiger partial charge in [0.05, 0.1) is 24.8 Å². The largest absolute Gasteiger partial charge is 0.489 e. The van der Waals surface area contributed by atoms with E-state index in [0.717, 1.165) is 12.8 Å². The summed E-state index contributed by atoms with van der Waals surface area (Å²) in [5.41, 5.74) is 6.55. The van der Waals surface area contributed by atoms with Gasteiger partial charge in [-0.3, -0.25) is 4.79 Å². The molecule has 38 heavy (non-hydrogen) atoms. The summed E-state index contributed by atoms with van der Waals surface area (Å²) in [4.78, 5) is 31.2. The van der Waals surface area contributed by atoms with Crippen LogP contribution < -0.4 is 20.5 Å². The number of nitrogens with zero attached hydrogens (tertiary/aromatic N) is 2. The Balaban J connectivity index is 0.00000400. The first-order valence-corrected chi connectivity index (χ1v) is 12.4. The third kappa shape index (κ3) is 7.47. The van der Waals surface area contributed by atoms with Crippen molar-refractivity contribution in [3.05, 3.63) is 29.7 Å². The van der Waals surface area contributed by atoms with Crippen LogP contribution in [0.1, 0.15) is 62.3 Å². The maximum Gasteiger partial charge on any atom is 0.407 e. The molecule has 0 bridgehead atoms. The van der Waals surface area contributed by atoms with E-state index < -0.39 is 18.7 Å². The summed E-state index contributed by atoms with van der Waals surface area (Å²) in [6.07, 6.45) is 1.83. The zero-order valence-corrected chi connectivity index (χ0v) is 22.3. The molecule has 2 aromatic rings. The number of oxazole rings is 1. The maximum atomic E-state index is 13.3. The van der Waals surface area contributed by atoms with E-state index in [1.165, 1.54) is 18.2 Å². The van der Waals surface area contributed by atoms with Crippen molar-refractivity contribution in [3.8, 4) is 23.0 Å². The highest BCUT2D eigenvalue weighted by Gasteiger charge is 2.33. The van der Waals surface area contributed by atoms with Crippen LogP contribution in [-0.2, 0) is 4.74 Å². The van der Waals surface area contributed by atoms with Crippen molar-refractivity contribution < 1.29 is 37.0 Å². The molecule has 3 N–H and O–H groups in total. The fraction of sp³-hybridized carbons (Fsp3) is 0.560. The minimum absolute atomic E-state index is 0. The van der Waals surface area contributed by atoms with Crippen molar-refractivity contribution in [1.82, 2.24) is 15.2 Å². The van der Waals surface area contributed by atoms with Crippen LogP contribution in [0.25, 0.3) is 11.5 Å². The summed E-state index contributed by atoms with van der Waals surface area (Å²) >= 11 is 0. The number of halogens is 3. The molecule has 1 aliphatic heterocycles. The van der Waals surface area contributed by atoms with Gasteiger partial charge in [0, 0.05) is 18.7 Å². The van der Waals surface area contributed by atoms with E-state index in [1.54, 1.807) is 25.7 Å². The first-order valence-electron chi connectivity index (χ1n) is 12.4. The number of alkyl halides is 2. The molecule has 2 fully saturated rings. The number of benzene rings is 1. The Morgan fingerprint density at radius 3 is 2.58 bits per heavy atom.